The van der Waals surface area contributed by atoms with Crippen LogP contribution in [0.15, 0.2) is 30.3 Å². The first-order chi connectivity index (χ1) is 8.54. The molecule has 0 radical (unpaired) electrons. The second-order valence-electron chi connectivity index (χ2n) is 4.98. The minimum atomic E-state index is -4.16. The molecule has 0 heterocycles. The fourth-order valence-corrected chi connectivity index (χ4v) is 2.58. The van der Waals surface area contributed by atoms with Gasteiger partial charge in [-0.3, -0.25) is 5.32 Å². The van der Waals surface area contributed by atoms with Crippen molar-refractivity contribution < 1.29 is 13.2 Å². The summed E-state index contributed by atoms with van der Waals surface area (Å²) in [5, 5.41) is 2.77. The first-order valence-corrected chi connectivity index (χ1v) is 6.39. The Balaban J connectivity index is 2.06. The Morgan fingerprint density at radius 1 is 1.00 bits per heavy atom. The first-order valence-electron chi connectivity index (χ1n) is 6.39. The van der Waals surface area contributed by atoms with Crippen molar-refractivity contribution in [2.24, 2.45) is 0 Å². The minimum Gasteiger partial charge on any atom is -0.299 e. The van der Waals surface area contributed by atoms with Crippen LogP contribution in [0.5, 0.6) is 0 Å². The van der Waals surface area contributed by atoms with Crippen LogP contribution >= 0.6 is 0 Å². The zero-order valence-corrected chi connectivity index (χ0v) is 10.3. The highest BCUT2D eigenvalue weighted by Gasteiger charge is 2.54. The van der Waals surface area contributed by atoms with Gasteiger partial charge in [0.05, 0.1) is 0 Å². The maximum atomic E-state index is 13.2. The molecule has 0 atom stereocenters. The Hall–Kier alpha value is -1.03. The van der Waals surface area contributed by atoms with Crippen molar-refractivity contribution in [3.05, 3.63) is 35.9 Å². The number of halogens is 3. The molecule has 1 fully saturated rings. The van der Waals surface area contributed by atoms with E-state index in [1.807, 2.05) is 30.3 Å². The highest BCUT2D eigenvalue weighted by Crippen LogP contribution is 2.41. The average Bonchev–Trinajstić information content (AvgIpc) is 2.37. The predicted molar refractivity (Wildman–Crippen MR) is 65.2 cm³/mol. The summed E-state index contributed by atoms with van der Waals surface area (Å²) in [6.45, 7) is 0.278. The van der Waals surface area contributed by atoms with Gasteiger partial charge in [-0.2, -0.15) is 13.2 Å². The smallest absolute Gasteiger partial charge is 0.299 e. The minimum absolute atomic E-state index is 0.198. The number of rotatable bonds is 3. The van der Waals surface area contributed by atoms with Crippen molar-refractivity contribution in [3.8, 4) is 0 Å². The summed E-state index contributed by atoms with van der Waals surface area (Å²) in [6.07, 6.45) is -1.55. The summed E-state index contributed by atoms with van der Waals surface area (Å²) in [5.74, 6) is 0. The third-order valence-corrected chi connectivity index (χ3v) is 3.72. The molecule has 0 bridgehead atoms. The fourth-order valence-electron chi connectivity index (χ4n) is 2.58. The molecule has 1 nitrogen and oxygen atoms in total. The maximum absolute atomic E-state index is 13.2. The van der Waals surface area contributed by atoms with E-state index in [0.717, 1.165) is 12.0 Å². The fraction of sp³-hybridized carbons (Fsp3) is 0.571. The summed E-state index contributed by atoms with van der Waals surface area (Å²) in [5.41, 5.74) is -0.784. The Labute approximate surface area is 105 Å². The Morgan fingerprint density at radius 3 is 2.17 bits per heavy atom. The van der Waals surface area contributed by atoms with E-state index in [1.54, 1.807) is 0 Å². The standard InChI is InChI=1S/C14H18F3N/c15-14(16,17)13(9-5-2-6-10-13)18-11-12-7-3-1-4-8-12/h1,3-4,7-8,18H,2,5-6,9-11H2. The normalized spacial score (nSPS) is 19.7. The molecule has 1 saturated carbocycles. The molecule has 1 aliphatic rings. The third kappa shape index (κ3) is 2.86. The third-order valence-electron chi connectivity index (χ3n) is 3.72. The van der Waals surface area contributed by atoms with Crippen LogP contribution in [0.1, 0.15) is 37.7 Å². The van der Waals surface area contributed by atoms with E-state index in [4.69, 9.17) is 0 Å². The summed E-state index contributed by atoms with van der Waals surface area (Å²) < 4.78 is 39.7. The number of benzene rings is 1. The van der Waals surface area contributed by atoms with Gasteiger partial charge in [0.2, 0.25) is 0 Å². The summed E-state index contributed by atoms with van der Waals surface area (Å²) >= 11 is 0. The molecule has 2 rings (SSSR count). The molecule has 18 heavy (non-hydrogen) atoms. The van der Waals surface area contributed by atoms with Gasteiger partial charge >= 0.3 is 6.18 Å². The highest BCUT2D eigenvalue weighted by molar-refractivity contribution is 5.15. The summed E-state index contributed by atoms with van der Waals surface area (Å²) in [7, 11) is 0. The predicted octanol–water partition coefficient (Wildman–Crippen LogP) is 4.04. The molecule has 1 aromatic carbocycles. The van der Waals surface area contributed by atoms with Gasteiger partial charge in [-0.05, 0) is 18.4 Å². The molecule has 0 spiro atoms. The molecule has 0 aromatic heterocycles. The van der Waals surface area contributed by atoms with Crippen LogP contribution in [-0.2, 0) is 6.54 Å². The van der Waals surface area contributed by atoms with Gasteiger partial charge < -0.3 is 0 Å². The van der Waals surface area contributed by atoms with Crippen LogP contribution in [0.4, 0.5) is 13.2 Å². The van der Waals surface area contributed by atoms with E-state index in [2.05, 4.69) is 5.32 Å². The molecule has 100 valence electrons. The SMILES string of the molecule is FC(F)(F)C1(NCc2ccccc2)CCCCC1. The molecule has 0 saturated heterocycles. The number of hydrogen-bond donors (Lipinski definition) is 1. The van der Waals surface area contributed by atoms with Crippen molar-refractivity contribution in [1.82, 2.24) is 5.32 Å². The molecule has 1 aliphatic carbocycles. The van der Waals surface area contributed by atoms with Crippen LogP contribution in [0.3, 0.4) is 0 Å². The highest BCUT2D eigenvalue weighted by atomic mass is 19.4. The number of alkyl halides is 3. The van der Waals surface area contributed by atoms with Crippen molar-refractivity contribution in [3.63, 3.8) is 0 Å². The van der Waals surface area contributed by atoms with E-state index < -0.39 is 11.7 Å². The van der Waals surface area contributed by atoms with Crippen molar-refractivity contribution in [2.45, 2.75) is 50.4 Å². The van der Waals surface area contributed by atoms with Gasteiger partial charge in [0, 0.05) is 6.54 Å². The van der Waals surface area contributed by atoms with Gasteiger partial charge in [0.15, 0.2) is 0 Å². The van der Waals surface area contributed by atoms with Gasteiger partial charge in [0.25, 0.3) is 0 Å². The van der Waals surface area contributed by atoms with E-state index in [9.17, 15) is 13.2 Å². The lowest BCUT2D eigenvalue weighted by Gasteiger charge is -2.39. The van der Waals surface area contributed by atoms with Crippen LogP contribution in [0, 0.1) is 0 Å². The molecule has 0 amide bonds. The topological polar surface area (TPSA) is 12.0 Å². The van der Waals surface area contributed by atoms with Gasteiger partial charge in [0.1, 0.15) is 5.54 Å². The Morgan fingerprint density at radius 2 is 1.61 bits per heavy atom. The molecular weight excluding hydrogens is 239 g/mol. The summed E-state index contributed by atoms with van der Waals surface area (Å²) in [6, 6.07) is 9.25. The largest absolute Gasteiger partial charge is 0.406 e. The van der Waals surface area contributed by atoms with Gasteiger partial charge in [-0.1, -0.05) is 49.6 Å². The van der Waals surface area contributed by atoms with E-state index >= 15 is 0 Å². The number of hydrogen-bond acceptors (Lipinski definition) is 1. The lowest BCUT2D eigenvalue weighted by atomic mass is 9.81. The second-order valence-corrected chi connectivity index (χ2v) is 4.98. The van der Waals surface area contributed by atoms with Crippen molar-refractivity contribution in [1.29, 1.82) is 0 Å². The lowest BCUT2D eigenvalue weighted by molar-refractivity contribution is -0.206. The summed E-state index contributed by atoms with van der Waals surface area (Å²) in [4.78, 5) is 0. The zero-order chi connectivity index (χ0) is 13.1. The van der Waals surface area contributed by atoms with E-state index in [0.29, 0.717) is 12.8 Å². The lowest BCUT2D eigenvalue weighted by Crippen LogP contribution is -2.57. The van der Waals surface area contributed by atoms with E-state index in [-0.39, 0.29) is 19.4 Å². The Bertz CT molecular complexity index is 366. The molecule has 1 aromatic rings. The van der Waals surface area contributed by atoms with Crippen LogP contribution < -0.4 is 5.32 Å². The Kier molecular flexibility index (Phi) is 3.95. The van der Waals surface area contributed by atoms with Crippen molar-refractivity contribution >= 4 is 0 Å². The molecule has 1 N–H and O–H groups in total. The maximum Gasteiger partial charge on any atom is 0.406 e. The zero-order valence-electron chi connectivity index (χ0n) is 10.3. The van der Waals surface area contributed by atoms with Gasteiger partial charge in [-0.15, -0.1) is 0 Å². The number of nitrogens with one attached hydrogen (secondary N) is 1. The van der Waals surface area contributed by atoms with Crippen LogP contribution in [0.2, 0.25) is 0 Å². The molecule has 4 heteroatoms. The van der Waals surface area contributed by atoms with Crippen molar-refractivity contribution in [2.75, 3.05) is 0 Å². The monoisotopic (exact) mass is 257 g/mol. The van der Waals surface area contributed by atoms with E-state index in [1.165, 1.54) is 0 Å². The van der Waals surface area contributed by atoms with Gasteiger partial charge in [-0.25, -0.2) is 0 Å². The van der Waals surface area contributed by atoms with Crippen LogP contribution in [0.25, 0.3) is 0 Å². The molecular formula is C14H18F3N. The first kappa shape index (κ1) is 13.4. The second kappa shape index (κ2) is 5.31. The quantitative estimate of drug-likeness (QED) is 0.861. The molecule has 0 aliphatic heterocycles. The average molecular weight is 257 g/mol. The molecule has 0 unspecified atom stereocenters. The van der Waals surface area contributed by atoms with Crippen LogP contribution in [-0.4, -0.2) is 11.7 Å².